The van der Waals surface area contributed by atoms with Gasteiger partial charge in [-0.1, -0.05) is 15.9 Å². The van der Waals surface area contributed by atoms with Crippen LogP contribution in [-0.2, 0) is 0 Å². The fraction of sp³-hybridized carbons (Fsp3) is 0.455. The van der Waals surface area contributed by atoms with Crippen molar-refractivity contribution in [2.45, 2.75) is 18.1 Å². The van der Waals surface area contributed by atoms with E-state index in [0.717, 1.165) is 6.07 Å². The van der Waals surface area contributed by atoms with Crippen molar-refractivity contribution in [2.24, 2.45) is 5.73 Å². The number of hydrogen-bond donors (Lipinski definition) is 1. The van der Waals surface area contributed by atoms with Gasteiger partial charge in [0.25, 0.3) is 0 Å². The zero-order chi connectivity index (χ0) is 15.7. The Bertz CT molecular complexity index is 498. The second-order valence-corrected chi connectivity index (χ2v) is 4.68. The molecule has 0 bridgehead atoms. The monoisotopic (exact) mass is 399 g/mol. The highest BCUT2D eigenvalue weighted by Gasteiger charge is 2.62. The van der Waals surface area contributed by atoms with E-state index in [1.54, 1.807) is 0 Å². The van der Waals surface area contributed by atoms with Crippen molar-refractivity contribution in [1.82, 2.24) is 0 Å². The van der Waals surface area contributed by atoms with Crippen LogP contribution in [0.4, 0.5) is 22.0 Å². The lowest BCUT2D eigenvalue weighted by molar-refractivity contribution is -0.291. The van der Waals surface area contributed by atoms with Gasteiger partial charge < -0.3 is 15.2 Å². The molecule has 0 saturated heterocycles. The molecule has 1 rings (SSSR count). The SMILES string of the molecule is COc1cc(Br)c([C@H](N)C(F)(F)C(F)(F)F)cc1OC.Cl. The third-order valence-electron chi connectivity index (χ3n) is 2.61. The topological polar surface area (TPSA) is 44.5 Å². The summed E-state index contributed by atoms with van der Waals surface area (Å²) < 4.78 is 73.2. The maximum Gasteiger partial charge on any atom is 0.455 e. The summed E-state index contributed by atoms with van der Waals surface area (Å²) in [5.74, 6) is -4.90. The minimum absolute atomic E-state index is 0. The third kappa shape index (κ3) is 3.89. The maximum atomic E-state index is 13.3. The quantitative estimate of drug-likeness (QED) is 0.775. The summed E-state index contributed by atoms with van der Waals surface area (Å²) in [4.78, 5) is 0. The fourth-order valence-electron chi connectivity index (χ4n) is 1.48. The van der Waals surface area contributed by atoms with Gasteiger partial charge in [0.2, 0.25) is 0 Å². The van der Waals surface area contributed by atoms with E-state index in [2.05, 4.69) is 15.9 Å². The van der Waals surface area contributed by atoms with Crippen LogP contribution in [0.3, 0.4) is 0 Å². The number of ether oxygens (including phenoxy) is 2. The zero-order valence-electron chi connectivity index (χ0n) is 10.8. The number of methoxy groups -OCH3 is 2. The van der Waals surface area contributed by atoms with E-state index in [1.165, 1.54) is 20.3 Å². The molecule has 122 valence electrons. The minimum Gasteiger partial charge on any atom is -0.493 e. The van der Waals surface area contributed by atoms with E-state index in [-0.39, 0.29) is 28.4 Å². The molecule has 21 heavy (non-hydrogen) atoms. The van der Waals surface area contributed by atoms with Gasteiger partial charge in [-0.2, -0.15) is 22.0 Å². The Balaban J connectivity index is 0.00000400. The Morgan fingerprint density at radius 3 is 1.86 bits per heavy atom. The predicted octanol–water partition coefficient (Wildman–Crippen LogP) is 4.09. The molecule has 0 saturated carbocycles. The van der Waals surface area contributed by atoms with Crippen LogP contribution in [0.25, 0.3) is 0 Å². The van der Waals surface area contributed by atoms with E-state index in [9.17, 15) is 22.0 Å². The van der Waals surface area contributed by atoms with Gasteiger partial charge in [0.1, 0.15) is 6.04 Å². The molecule has 1 aromatic carbocycles. The van der Waals surface area contributed by atoms with Crippen molar-refractivity contribution in [2.75, 3.05) is 14.2 Å². The molecule has 0 fully saturated rings. The number of hydrogen-bond acceptors (Lipinski definition) is 3. The van der Waals surface area contributed by atoms with Crippen molar-refractivity contribution in [3.8, 4) is 11.5 Å². The molecule has 0 aliphatic carbocycles. The van der Waals surface area contributed by atoms with Gasteiger partial charge in [-0.15, -0.1) is 12.4 Å². The number of halogens is 7. The van der Waals surface area contributed by atoms with Crippen LogP contribution in [0.1, 0.15) is 11.6 Å². The van der Waals surface area contributed by atoms with Crippen LogP contribution in [-0.4, -0.2) is 26.3 Å². The van der Waals surface area contributed by atoms with Gasteiger partial charge in [-0.05, 0) is 17.7 Å². The minimum atomic E-state index is -5.75. The second-order valence-electron chi connectivity index (χ2n) is 3.83. The molecule has 1 atom stereocenters. The summed E-state index contributed by atoms with van der Waals surface area (Å²) in [6.45, 7) is 0. The van der Waals surface area contributed by atoms with Crippen LogP contribution in [0.2, 0.25) is 0 Å². The first-order valence-electron chi connectivity index (χ1n) is 5.17. The second kappa shape index (κ2) is 6.97. The van der Waals surface area contributed by atoms with E-state index < -0.39 is 23.7 Å². The van der Waals surface area contributed by atoms with Crippen LogP contribution >= 0.6 is 28.3 Å². The smallest absolute Gasteiger partial charge is 0.455 e. The normalized spacial score (nSPS) is 13.4. The Morgan fingerprint density at radius 1 is 1.05 bits per heavy atom. The lowest BCUT2D eigenvalue weighted by Gasteiger charge is -2.27. The molecule has 0 heterocycles. The maximum absolute atomic E-state index is 13.3. The molecule has 0 aliphatic heterocycles. The van der Waals surface area contributed by atoms with Crippen LogP contribution in [0.15, 0.2) is 16.6 Å². The summed E-state index contributed by atoms with van der Waals surface area (Å²) in [6, 6.07) is -0.384. The molecule has 10 heteroatoms. The first-order chi connectivity index (χ1) is 9.06. The van der Waals surface area contributed by atoms with Gasteiger partial charge in [-0.25, -0.2) is 0 Å². The van der Waals surface area contributed by atoms with Gasteiger partial charge in [0.05, 0.1) is 14.2 Å². The number of alkyl halides is 5. The highest BCUT2D eigenvalue weighted by Crippen LogP contribution is 2.46. The van der Waals surface area contributed by atoms with E-state index >= 15 is 0 Å². The predicted molar refractivity (Wildman–Crippen MR) is 72.4 cm³/mol. The molecule has 0 amide bonds. The summed E-state index contributed by atoms with van der Waals surface area (Å²) in [5, 5.41) is 0. The van der Waals surface area contributed by atoms with Crippen molar-refractivity contribution in [1.29, 1.82) is 0 Å². The van der Waals surface area contributed by atoms with Gasteiger partial charge in [0, 0.05) is 4.47 Å². The Labute approximate surface area is 132 Å². The van der Waals surface area contributed by atoms with Crippen molar-refractivity contribution in [3.05, 3.63) is 22.2 Å². The Kier molecular flexibility index (Phi) is 6.71. The zero-order valence-corrected chi connectivity index (χ0v) is 13.2. The molecule has 2 N–H and O–H groups in total. The highest BCUT2D eigenvalue weighted by molar-refractivity contribution is 9.10. The summed E-state index contributed by atoms with van der Waals surface area (Å²) in [7, 11) is 2.52. The molecule has 0 aromatic heterocycles. The fourth-order valence-corrected chi connectivity index (χ4v) is 2.05. The summed E-state index contributed by atoms with van der Waals surface area (Å²) in [5.41, 5.74) is 4.64. The first kappa shape index (κ1) is 20.2. The Morgan fingerprint density at radius 2 is 1.48 bits per heavy atom. The van der Waals surface area contributed by atoms with Gasteiger partial charge in [-0.3, -0.25) is 0 Å². The van der Waals surface area contributed by atoms with Crippen LogP contribution < -0.4 is 15.2 Å². The van der Waals surface area contributed by atoms with Crippen molar-refractivity contribution < 1.29 is 31.4 Å². The average Bonchev–Trinajstić information content (AvgIpc) is 2.36. The molecule has 3 nitrogen and oxygen atoms in total. The highest BCUT2D eigenvalue weighted by atomic mass is 79.9. The standard InChI is InChI=1S/C11H11BrF5NO2.ClH/c1-19-7-3-5(6(12)4-8(7)20-2)9(18)10(13,14)11(15,16)17;/h3-4,9H,18H2,1-2H3;1H/t9-;/m0./s1. The lowest BCUT2D eigenvalue weighted by atomic mass is 10.0. The van der Waals surface area contributed by atoms with E-state index in [4.69, 9.17) is 15.2 Å². The molecule has 0 radical (unpaired) electrons. The molecular formula is C11H12BrClF5NO2. The van der Waals surface area contributed by atoms with Crippen molar-refractivity contribution in [3.63, 3.8) is 0 Å². The third-order valence-corrected chi connectivity index (χ3v) is 3.29. The largest absolute Gasteiger partial charge is 0.493 e. The first-order valence-corrected chi connectivity index (χ1v) is 5.97. The Hall–Kier alpha value is -0.800. The van der Waals surface area contributed by atoms with E-state index in [0.29, 0.717) is 0 Å². The van der Waals surface area contributed by atoms with Gasteiger partial charge in [0.15, 0.2) is 11.5 Å². The average molecular weight is 401 g/mol. The number of rotatable bonds is 4. The lowest BCUT2D eigenvalue weighted by Crippen LogP contribution is -2.46. The van der Waals surface area contributed by atoms with Gasteiger partial charge >= 0.3 is 12.1 Å². The molecular weight excluding hydrogens is 388 g/mol. The molecule has 0 unspecified atom stereocenters. The number of nitrogens with two attached hydrogens (primary N) is 1. The van der Waals surface area contributed by atoms with Crippen LogP contribution in [0.5, 0.6) is 11.5 Å². The summed E-state index contributed by atoms with van der Waals surface area (Å²) >= 11 is 2.89. The van der Waals surface area contributed by atoms with E-state index in [1.807, 2.05) is 0 Å². The summed E-state index contributed by atoms with van der Waals surface area (Å²) in [6.07, 6.45) is -5.75. The molecule has 0 aliphatic rings. The van der Waals surface area contributed by atoms with Crippen molar-refractivity contribution >= 4 is 28.3 Å². The number of benzene rings is 1. The van der Waals surface area contributed by atoms with Crippen LogP contribution in [0, 0.1) is 0 Å². The molecule has 0 spiro atoms. The molecule has 1 aromatic rings.